The zero-order chi connectivity index (χ0) is 11.3. The lowest BCUT2D eigenvalue weighted by Gasteiger charge is -2.24. The van der Waals surface area contributed by atoms with Gasteiger partial charge in [0.25, 0.3) is 0 Å². The van der Waals surface area contributed by atoms with Crippen LogP contribution in [-0.2, 0) is 0 Å². The number of halogens is 2. The van der Waals surface area contributed by atoms with Crippen molar-refractivity contribution < 1.29 is 8.78 Å². The Balaban J connectivity index is 2.07. The van der Waals surface area contributed by atoms with E-state index < -0.39 is 11.6 Å². The molecule has 2 aliphatic heterocycles. The Morgan fingerprint density at radius 3 is 2.38 bits per heavy atom. The van der Waals surface area contributed by atoms with E-state index in [0.29, 0.717) is 0 Å². The van der Waals surface area contributed by atoms with Crippen LogP contribution >= 0.6 is 11.8 Å². The molecular weight excluding hydrogens is 230 g/mol. The van der Waals surface area contributed by atoms with E-state index in [0.717, 1.165) is 18.6 Å². The molecule has 0 aliphatic carbocycles. The first-order valence-corrected chi connectivity index (χ1v) is 6.36. The molecule has 3 rings (SSSR count). The predicted octanol–water partition coefficient (Wildman–Crippen LogP) is 2.59. The van der Waals surface area contributed by atoms with Crippen molar-refractivity contribution in [3.05, 3.63) is 23.8 Å². The minimum Gasteiger partial charge on any atom is -0.399 e. The fourth-order valence-electron chi connectivity index (χ4n) is 2.56. The highest BCUT2D eigenvalue weighted by molar-refractivity contribution is 8.00. The smallest absolute Gasteiger partial charge is 0.151 e. The molecule has 1 aromatic rings. The molecule has 0 spiro atoms. The van der Waals surface area contributed by atoms with E-state index >= 15 is 0 Å². The third-order valence-corrected chi connectivity index (χ3v) is 4.65. The zero-order valence-electron chi connectivity index (χ0n) is 8.62. The molecule has 1 aromatic carbocycles. The average Bonchev–Trinajstić information content (AvgIpc) is 2.77. The molecule has 2 nitrogen and oxygen atoms in total. The van der Waals surface area contributed by atoms with Crippen LogP contribution in [0.4, 0.5) is 20.2 Å². The molecule has 2 aliphatic rings. The molecular formula is C11H12F2N2S. The van der Waals surface area contributed by atoms with Gasteiger partial charge < -0.3 is 10.6 Å². The van der Waals surface area contributed by atoms with E-state index in [4.69, 9.17) is 5.73 Å². The molecule has 2 unspecified atom stereocenters. The summed E-state index contributed by atoms with van der Waals surface area (Å²) in [5.74, 6) is -0.123. The minimum atomic E-state index is -0.545. The van der Waals surface area contributed by atoms with E-state index in [1.807, 2.05) is 4.90 Å². The molecule has 2 bridgehead atoms. The number of nitrogens with zero attached hydrogens (tertiary/aromatic N) is 1. The second kappa shape index (κ2) is 3.52. The van der Waals surface area contributed by atoms with Crippen molar-refractivity contribution in [1.29, 1.82) is 0 Å². The Hall–Kier alpha value is -0.970. The van der Waals surface area contributed by atoms with Gasteiger partial charge in [0.15, 0.2) is 11.6 Å². The third-order valence-electron chi connectivity index (χ3n) is 3.23. The molecule has 0 aromatic heterocycles. The number of hydrogen-bond donors (Lipinski definition) is 1. The van der Waals surface area contributed by atoms with E-state index in [9.17, 15) is 8.78 Å². The molecule has 2 N–H and O–H groups in total. The van der Waals surface area contributed by atoms with Crippen LogP contribution in [0.1, 0.15) is 12.8 Å². The van der Waals surface area contributed by atoms with Gasteiger partial charge in [-0.15, -0.1) is 11.8 Å². The quantitative estimate of drug-likeness (QED) is 0.767. The number of nitrogens with two attached hydrogens (primary N) is 1. The van der Waals surface area contributed by atoms with Crippen molar-refractivity contribution in [1.82, 2.24) is 0 Å². The summed E-state index contributed by atoms with van der Waals surface area (Å²) in [6.45, 7) is 0. The summed E-state index contributed by atoms with van der Waals surface area (Å²) in [4.78, 5) is 1.88. The van der Waals surface area contributed by atoms with Crippen molar-refractivity contribution in [3.63, 3.8) is 0 Å². The van der Waals surface area contributed by atoms with Gasteiger partial charge in [0.05, 0.1) is 5.37 Å². The van der Waals surface area contributed by atoms with Crippen molar-refractivity contribution in [3.8, 4) is 0 Å². The van der Waals surface area contributed by atoms with Crippen molar-refractivity contribution in [2.75, 3.05) is 16.4 Å². The van der Waals surface area contributed by atoms with Gasteiger partial charge in [0.2, 0.25) is 0 Å². The highest BCUT2D eigenvalue weighted by atomic mass is 32.2. The first-order valence-electron chi connectivity index (χ1n) is 5.31. The highest BCUT2D eigenvalue weighted by Gasteiger charge is 2.42. The monoisotopic (exact) mass is 242 g/mol. The molecule has 2 heterocycles. The fourth-order valence-corrected chi connectivity index (χ4v) is 4.07. The lowest BCUT2D eigenvalue weighted by atomic mass is 10.2. The summed E-state index contributed by atoms with van der Waals surface area (Å²) in [6, 6.07) is 2.67. The third kappa shape index (κ3) is 1.38. The van der Waals surface area contributed by atoms with Crippen molar-refractivity contribution in [2.45, 2.75) is 24.3 Å². The van der Waals surface area contributed by atoms with Gasteiger partial charge >= 0.3 is 0 Å². The Kier molecular flexibility index (Phi) is 2.24. The van der Waals surface area contributed by atoms with E-state index in [1.54, 1.807) is 11.8 Å². The molecule has 16 heavy (non-hydrogen) atoms. The largest absolute Gasteiger partial charge is 0.399 e. The number of anilines is 2. The maximum Gasteiger partial charge on any atom is 0.151 e. The van der Waals surface area contributed by atoms with Crippen LogP contribution in [0.2, 0.25) is 0 Å². The van der Waals surface area contributed by atoms with Crippen LogP contribution in [0, 0.1) is 11.6 Å². The van der Waals surface area contributed by atoms with Gasteiger partial charge in [-0.25, -0.2) is 8.78 Å². The summed E-state index contributed by atoms with van der Waals surface area (Å²) in [6.07, 6.45) is 2.04. The van der Waals surface area contributed by atoms with Gasteiger partial charge in [0.1, 0.15) is 5.69 Å². The number of rotatable bonds is 1. The standard InChI is InChI=1S/C11H12F2N2S/c12-8-3-6(14)4-9(13)11(8)15-7-1-2-10(15)16-5-7/h3-4,7,10H,1-2,5,14H2. The molecule has 86 valence electrons. The number of thioether (sulfide) groups is 1. The molecule has 0 amide bonds. The minimum absolute atomic E-state index is 0.103. The van der Waals surface area contributed by atoms with Gasteiger partial charge in [-0.2, -0.15) is 0 Å². The first-order chi connectivity index (χ1) is 7.66. The zero-order valence-corrected chi connectivity index (χ0v) is 9.44. The summed E-state index contributed by atoms with van der Waals surface area (Å²) in [5.41, 5.74) is 5.65. The second-order valence-corrected chi connectivity index (χ2v) is 5.47. The fraction of sp³-hybridized carbons (Fsp3) is 0.455. The van der Waals surface area contributed by atoms with Gasteiger partial charge in [0, 0.05) is 17.5 Å². The summed E-state index contributed by atoms with van der Waals surface area (Å²) in [5, 5.41) is 0.234. The Morgan fingerprint density at radius 1 is 1.25 bits per heavy atom. The topological polar surface area (TPSA) is 29.3 Å². The van der Waals surface area contributed by atoms with E-state index in [2.05, 4.69) is 0 Å². The molecule has 5 heteroatoms. The summed E-state index contributed by atoms with van der Waals surface area (Å²) < 4.78 is 27.5. The normalized spacial score (nSPS) is 27.8. The Morgan fingerprint density at radius 2 is 1.94 bits per heavy atom. The predicted molar refractivity (Wildman–Crippen MR) is 62.5 cm³/mol. The van der Waals surface area contributed by atoms with E-state index in [1.165, 1.54) is 12.1 Å². The molecule has 2 saturated heterocycles. The van der Waals surface area contributed by atoms with E-state index in [-0.39, 0.29) is 22.8 Å². The average molecular weight is 242 g/mol. The molecule has 2 atom stereocenters. The number of fused-ring (bicyclic) bond motifs is 2. The Labute approximate surface area is 96.8 Å². The molecule has 2 fully saturated rings. The lowest BCUT2D eigenvalue weighted by Crippen LogP contribution is -2.30. The first kappa shape index (κ1) is 10.2. The number of nitrogen functional groups attached to an aromatic ring is 1. The SMILES string of the molecule is Nc1cc(F)c(N2C3CCC2SC3)c(F)c1. The maximum absolute atomic E-state index is 13.8. The van der Waals surface area contributed by atoms with Crippen LogP contribution in [0.3, 0.4) is 0 Å². The number of benzene rings is 1. The van der Waals surface area contributed by atoms with Crippen LogP contribution in [-0.4, -0.2) is 17.2 Å². The Bertz CT molecular complexity index is 395. The van der Waals surface area contributed by atoms with Crippen LogP contribution in [0.15, 0.2) is 12.1 Å². The van der Waals surface area contributed by atoms with Crippen molar-refractivity contribution >= 4 is 23.1 Å². The summed E-state index contributed by atoms with van der Waals surface area (Å²) >= 11 is 1.78. The van der Waals surface area contributed by atoms with Crippen LogP contribution < -0.4 is 10.6 Å². The van der Waals surface area contributed by atoms with Crippen molar-refractivity contribution in [2.24, 2.45) is 0 Å². The lowest BCUT2D eigenvalue weighted by molar-refractivity contribution is 0.570. The van der Waals surface area contributed by atoms with Gasteiger partial charge in [-0.1, -0.05) is 0 Å². The summed E-state index contributed by atoms with van der Waals surface area (Å²) in [7, 11) is 0. The highest BCUT2D eigenvalue weighted by Crippen LogP contribution is 2.45. The molecule has 0 saturated carbocycles. The van der Waals surface area contributed by atoms with Crippen LogP contribution in [0.5, 0.6) is 0 Å². The van der Waals surface area contributed by atoms with Crippen LogP contribution in [0.25, 0.3) is 0 Å². The second-order valence-electron chi connectivity index (χ2n) is 4.26. The van der Waals surface area contributed by atoms with Gasteiger partial charge in [-0.05, 0) is 25.0 Å². The molecule has 0 radical (unpaired) electrons. The van der Waals surface area contributed by atoms with Gasteiger partial charge in [-0.3, -0.25) is 0 Å². The number of hydrogen-bond acceptors (Lipinski definition) is 3. The maximum atomic E-state index is 13.8.